The van der Waals surface area contributed by atoms with E-state index in [0.29, 0.717) is 0 Å². The molecule has 0 fully saturated rings. The second-order valence-electron chi connectivity index (χ2n) is 4.60. The number of nitrogens with one attached hydrogen (secondary N) is 1. The SMILES string of the molecule is COc1cccc(CNC(C)(C)C(C)O)c1. The second-order valence-corrected chi connectivity index (χ2v) is 4.60. The number of ether oxygens (including phenoxy) is 1. The molecular weight excluding hydrogens is 202 g/mol. The Labute approximate surface area is 97.4 Å². The fraction of sp³-hybridized carbons (Fsp3) is 0.538. The third-order valence-corrected chi connectivity index (χ3v) is 2.93. The highest BCUT2D eigenvalue weighted by Gasteiger charge is 2.22. The Morgan fingerprint density at radius 1 is 1.44 bits per heavy atom. The van der Waals surface area contributed by atoms with Crippen molar-refractivity contribution in [3.8, 4) is 5.75 Å². The molecule has 3 nitrogen and oxygen atoms in total. The Hall–Kier alpha value is -1.06. The van der Waals surface area contributed by atoms with Crippen LogP contribution in [0.2, 0.25) is 0 Å². The summed E-state index contributed by atoms with van der Waals surface area (Å²) >= 11 is 0. The first kappa shape index (κ1) is 13.0. The van der Waals surface area contributed by atoms with Crippen LogP contribution in [0.25, 0.3) is 0 Å². The van der Waals surface area contributed by atoms with Gasteiger partial charge in [0.1, 0.15) is 5.75 Å². The van der Waals surface area contributed by atoms with E-state index < -0.39 is 6.10 Å². The van der Waals surface area contributed by atoms with E-state index in [1.807, 2.05) is 38.1 Å². The van der Waals surface area contributed by atoms with Crippen LogP contribution in [0, 0.1) is 0 Å². The maximum absolute atomic E-state index is 9.57. The van der Waals surface area contributed by atoms with Gasteiger partial charge in [-0.25, -0.2) is 0 Å². The molecule has 16 heavy (non-hydrogen) atoms. The zero-order chi connectivity index (χ0) is 12.2. The summed E-state index contributed by atoms with van der Waals surface area (Å²) in [6, 6.07) is 7.91. The van der Waals surface area contributed by atoms with Gasteiger partial charge in [0.25, 0.3) is 0 Å². The fourth-order valence-electron chi connectivity index (χ4n) is 1.26. The largest absolute Gasteiger partial charge is 0.497 e. The second kappa shape index (κ2) is 5.32. The van der Waals surface area contributed by atoms with Crippen molar-refractivity contribution < 1.29 is 9.84 Å². The Morgan fingerprint density at radius 3 is 2.69 bits per heavy atom. The summed E-state index contributed by atoms with van der Waals surface area (Å²) < 4.78 is 5.16. The fourth-order valence-corrected chi connectivity index (χ4v) is 1.26. The van der Waals surface area contributed by atoms with Crippen LogP contribution in [0.1, 0.15) is 26.3 Å². The first-order chi connectivity index (χ1) is 7.45. The van der Waals surface area contributed by atoms with Gasteiger partial charge >= 0.3 is 0 Å². The normalized spacial score (nSPS) is 13.6. The van der Waals surface area contributed by atoms with Crippen molar-refractivity contribution in [1.29, 1.82) is 0 Å². The van der Waals surface area contributed by atoms with E-state index in [9.17, 15) is 5.11 Å². The molecule has 0 radical (unpaired) electrons. The summed E-state index contributed by atoms with van der Waals surface area (Å²) in [5.41, 5.74) is 0.858. The third-order valence-electron chi connectivity index (χ3n) is 2.93. The molecule has 0 spiro atoms. The van der Waals surface area contributed by atoms with Gasteiger partial charge in [-0.1, -0.05) is 12.1 Å². The molecule has 1 aromatic rings. The molecule has 0 heterocycles. The topological polar surface area (TPSA) is 41.5 Å². The molecule has 0 aliphatic rings. The molecule has 1 rings (SSSR count). The first-order valence-electron chi connectivity index (χ1n) is 5.52. The van der Waals surface area contributed by atoms with E-state index in [4.69, 9.17) is 4.74 Å². The van der Waals surface area contributed by atoms with Gasteiger partial charge in [-0.05, 0) is 38.5 Å². The van der Waals surface area contributed by atoms with Gasteiger partial charge < -0.3 is 15.2 Å². The molecule has 0 aliphatic heterocycles. The molecule has 0 saturated carbocycles. The summed E-state index contributed by atoms with van der Waals surface area (Å²) in [5.74, 6) is 0.856. The van der Waals surface area contributed by atoms with Crippen LogP contribution in [-0.2, 0) is 6.54 Å². The van der Waals surface area contributed by atoms with Gasteiger partial charge in [-0.15, -0.1) is 0 Å². The van der Waals surface area contributed by atoms with Crippen molar-refractivity contribution in [3.05, 3.63) is 29.8 Å². The number of methoxy groups -OCH3 is 1. The zero-order valence-electron chi connectivity index (χ0n) is 10.4. The number of aliphatic hydroxyl groups is 1. The van der Waals surface area contributed by atoms with Crippen molar-refractivity contribution >= 4 is 0 Å². The van der Waals surface area contributed by atoms with Crippen LogP contribution in [0.4, 0.5) is 0 Å². The lowest BCUT2D eigenvalue weighted by atomic mass is 9.98. The Kier molecular flexibility index (Phi) is 4.33. The Bertz CT molecular complexity index is 334. The maximum atomic E-state index is 9.57. The summed E-state index contributed by atoms with van der Waals surface area (Å²) in [6.07, 6.45) is -0.391. The lowest BCUT2D eigenvalue weighted by Gasteiger charge is -2.29. The van der Waals surface area contributed by atoms with Gasteiger partial charge in [0.15, 0.2) is 0 Å². The molecule has 1 unspecified atom stereocenters. The molecule has 0 aromatic heterocycles. The number of aliphatic hydroxyl groups excluding tert-OH is 1. The molecule has 90 valence electrons. The van der Waals surface area contributed by atoms with Gasteiger partial charge in [0, 0.05) is 12.1 Å². The number of hydrogen-bond donors (Lipinski definition) is 2. The van der Waals surface area contributed by atoms with Crippen molar-refractivity contribution in [2.24, 2.45) is 0 Å². The van der Waals surface area contributed by atoms with Crippen LogP contribution in [0.15, 0.2) is 24.3 Å². The standard InChI is InChI=1S/C13H21NO2/c1-10(15)13(2,3)14-9-11-6-5-7-12(8-11)16-4/h5-8,10,14-15H,9H2,1-4H3. The molecule has 0 bridgehead atoms. The average Bonchev–Trinajstić information content (AvgIpc) is 2.26. The molecule has 0 saturated heterocycles. The van der Waals surface area contributed by atoms with E-state index in [0.717, 1.165) is 17.9 Å². The van der Waals surface area contributed by atoms with Gasteiger partial charge in [0.05, 0.1) is 13.2 Å². The van der Waals surface area contributed by atoms with E-state index in [-0.39, 0.29) is 5.54 Å². The number of benzene rings is 1. The van der Waals surface area contributed by atoms with Crippen molar-refractivity contribution in [2.75, 3.05) is 7.11 Å². The summed E-state index contributed by atoms with van der Waals surface area (Å²) in [7, 11) is 1.66. The quantitative estimate of drug-likeness (QED) is 0.801. The Morgan fingerprint density at radius 2 is 2.12 bits per heavy atom. The zero-order valence-corrected chi connectivity index (χ0v) is 10.4. The molecule has 2 N–H and O–H groups in total. The van der Waals surface area contributed by atoms with Crippen molar-refractivity contribution in [3.63, 3.8) is 0 Å². The van der Waals surface area contributed by atoms with Crippen LogP contribution in [-0.4, -0.2) is 23.9 Å². The van der Waals surface area contributed by atoms with Gasteiger partial charge in [0.2, 0.25) is 0 Å². The maximum Gasteiger partial charge on any atom is 0.119 e. The van der Waals surface area contributed by atoms with Crippen LogP contribution < -0.4 is 10.1 Å². The van der Waals surface area contributed by atoms with E-state index in [1.165, 1.54) is 0 Å². The smallest absolute Gasteiger partial charge is 0.119 e. The van der Waals surface area contributed by atoms with E-state index >= 15 is 0 Å². The highest BCUT2D eigenvalue weighted by Crippen LogP contribution is 2.14. The predicted octanol–water partition coefficient (Wildman–Crippen LogP) is 1.94. The van der Waals surface area contributed by atoms with Crippen molar-refractivity contribution in [2.45, 2.75) is 39.0 Å². The van der Waals surface area contributed by atoms with Crippen LogP contribution >= 0.6 is 0 Å². The number of rotatable bonds is 5. The van der Waals surface area contributed by atoms with E-state index in [2.05, 4.69) is 5.32 Å². The minimum atomic E-state index is -0.391. The lowest BCUT2D eigenvalue weighted by molar-refractivity contribution is 0.0956. The molecule has 3 heteroatoms. The summed E-state index contributed by atoms with van der Waals surface area (Å²) in [6.45, 7) is 6.48. The molecule has 0 amide bonds. The molecule has 1 atom stereocenters. The minimum Gasteiger partial charge on any atom is -0.497 e. The van der Waals surface area contributed by atoms with Crippen molar-refractivity contribution in [1.82, 2.24) is 5.32 Å². The van der Waals surface area contributed by atoms with Crippen LogP contribution in [0.3, 0.4) is 0 Å². The molecular formula is C13H21NO2. The summed E-state index contributed by atoms with van der Waals surface area (Å²) in [5, 5.41) is 12.9. The van der Waals surface area contributed by atoms with Crippen LogP contribution in [0.5, 0.6) is 5.75 Å². The van der Waals surface area contributed by atoms with E-state index in [1.54, 1.807) is 14.0 Å². The first-order valence-corrected chi connectivity index (χ1v) is 5.52. The predicted molar refractivity (Wildman–Crippen MR) is 65.6 cm³/mol. The molecule has 0 aliphatic carbocycles. The molecule has 1 aromatic carbocycles. The third kappa shape index (κ3) is 3.51. The van der Waals surface area contributed by atoms with Gasteiger partial charge in [-0.2, -0.15) is 0 Å². The highest BCUT2D eigenvalue weighted by molar-refractivity contribution is 5.28. The number of hydrogen-bond acceptors (Lipinski definition) is 3. The Balaban J connectivity index is 2.60. The highest BCUT2D eigenvalue weighted by atomic mass is 16.5. The average molecular weight is 223 g/mol. The monoisotopic (exact) mass is 223 g/mol. The minimum absolute atomic E-state index is 0.289. The summed E-state index contributed by atoms with van der Waals surface area (Å²) in [4.78, 5) is 0. The van der Waals surface area contributed by atoms with Gasteiger partial charge in [-0.3, -0.25) is 0 Å². The lowest BCUT2D eigenvalue weighted by Crippen LogP contribution is -2.47.